The summed E-state index contributed by atoms with van der Waals surface area (Å²) in [6.45, 7) is 0. The first-order valence-electron chi connectivity index (χ1n) is 5.65. The molecule has 104 valence electrons. The van der Waals surface area contributed by atoms with Gasteiger partial charge in [-0.3, -0.25) is 0 Å². The van der Waals surface area contributed by atoms with Crippen LogP contribution in [0.1, 0.15) is 17.5 Å². The van der Waals surface area contributed by atoms with Gasteiger partial charge in [-0.25, -0.2) is 9.18 Å². The van der Waals surface area contributed by atoms with Crippen molar-refractivity contribution in [3.63, 3.8) is 0 Å². The van der Waals surface area contributed by atoms with Gasteiger partial charge in [0.05, 0.1) is 24.8 Å². The minimum absolute atomic E-state index is 0.0124. The largest absolute Gasteiger partial charge is 0.464 e. The highest BCUT2D eigenvalue weighted by Crippen LogP contribution is 2.29. The highest BCUT2D eigenvalue weighted by molar-refractivity contribution is 6.04. The fourth-order valence-corrected chi connectivity index (χ4v) is 1.81. The van der Waals surface area contributed by atoms with E-state index in [1.807, 2.05) is 0 Å². The van der Waals surface area contributed by atoms with Gasteiger partial charge in [-0.2, -0.15) is 5.26 Å². The number of ether oxygens (including phenoxy) is 2. The molecule has 0 spiro atoms. The Morgan fingerprint density at radius 3 is 2.85 bits per heavy atom. The predicted molar refractivity (Wildman–Crippen MR) is 65.1 cm³/mol. The topological polar surface area (TPSA) is 80.9 Å². The van der Waals surface area contributed by atoms with E-state index in [0.717, 1.165) is 6.07 Å². The average molecular weight is 278 g/mol. The van der Waals surface area contributed by atoms with E-state index >= 15 is 0 Å². The highest BCUT2D eigenvalue weighted by Gasteiger charge is 2.48. The fourth-order valence-electron chi connectivity index (χ4n) is 1.81. The van der Waals surface area contributed by atoms with Gasteiger partial charge >= 0.3 is 11.8 Å². The molecule has 0 aromatic heterocycles. The van der Waals surface area contributed by atoms with Gasteiger partial charge in [-0.05, 0) is 12.1 Å². The summed E-state index contributed by atoms with van der Waals surface area (Å²) in [5.74, 6) is -3.04. The highest BCUT2D eigenvalue weighted by atomic mass is 19.1. The summed E-state index contributed by atoms with van der Waals surface area (Å²) in [6.07, 6.45) is -0.0124. The number of nitrogens with zero attached hydrogens (tertiary/aromatic N) is 2. The second-order valence-electron chi connectivity index (χ2n) is 4.06. The van der Waals surface area contributed by atoms with Crippen molar-refractivity contribution < 1.29 is 23.5 Å². The van der Waals surface area contributed by atoms with Gasteiger partial charge < -0.3 is 14.3 Å². The van der Waals surface area contributed by atoms with E-state index < -0.39 is 17.6 Å². The number of carbonyl (C=O) groups is 1. The Balaban J connectivity index is 2.27. The maximum atomic E-state index is 13.6. The summed E-state index contributed by atoms with van der Waals surface area (Å²) in [6, 6.07) is 5.73. The summed E-state index contributed by atoms with van der Waals surface area (Å²) in [7, 11) is 2.49. The molecule has 0 aliphatic carbocycles. The third-order valence-corrected chi connectivity index (χ3v) is 2.95. The van der Waals surface area contributed by atoms with Crippen LogP contribution in [-0.2, 0) is 19.1 Å². The van der Waals surface area contributed by atoms with Crippen LogP contribution >= 0.6 is 0 Å². The fraction of sp³-hybridized carbons (Fsp3) is 0.308. The second-order valence-corrected chi connectivity index (χ2v) is 4.06. The van der Waals surface area contributed by atoms with Crippen LogP contribution in [-0.4, -0.2) is 31.7 Å². The SMILES string of the molecule is COC(=O)C1(OC)CC(c2ccc(C#N)c(F)c2)=NO1. The molecule has 1 aromatic carbocycles. The Bertz CT molecular complexity index is 623. The number of rotatable bonds is 3. The standard InChI is InChI=1S/C13H11FN2O4/c1-18-12(17)13(19-2)6-11(16-20-13)8-3-4-9(7-15)10(14)5-8/h3-5H,6H2,1-2H3. The Hall–Kier alpha value is -2.46. The van der Waals surface area contributed by atoms with Crippen molar-refractivity contribution in [2.45, 2.75) is 12.2 Å². The van der Waals surface area contributed by atoms with Crippen molar-refractivity contribution in [1.82, 2.24) is 0 Å². The molecule has 0 N–H and O–H groups in total. The molecule has 1 aromatic rings. The minimum Gasteiger partial charge on any atom is -0.464 e. The molecule has 0 amide bonds. The summed E-state index contributed by atoms with van der Waals surface area (Å²) in [4.78, 5) is 16.7. The summed E-state index contributed by atoms with van der Waals surface area (Å²) in [5, 5.41) is 12.4. The third-order valence-electron chi connectivity index (χ3n) is 2.95. The first kappa shape index (κ1) is 14.0. The lowest BCUT2D eigenvalue weighted by atomic mass is 10.0. The second kappa shape index (κ2) is 5.27. The van der Waals surface area contributed by atoms with Crippen LogP contribution in [0.15, 0.2) is 23.4 Å². The normalized spacial score (nSPS) is 20.8. The molecule has 0 radical (unpaired) electrons. The van der Waals surface area contributed by atoms with E-state index in [1.54, 1.807) is 6.07 Å². The van der Waals surface area contributed by atoms with E-state index in [1.165, 1.54) is 26.4 Å². The lowest BCUT2D eigenvalue weighted by Crippen LogP contribution is -2.41. The zero-order chi connectivity index (χ0) is 14.8. The Morgan fingerprint density at radius 1 is 1.55 bits per heavy atom. The van der Waals surface area contributed by atoms with E-state index in [0.29, 0.717) is 11.3 Å². The third kappa shape index (κ3) is 2.21. The number of halogens is 1. The number of benzene rings is 1. The molecule has 0 bridgehead atoms. The lowest BCUT2D eigenvalue weighted by Gasteiger charge is -2.20. The smallest absolute Gasteiger partial charge is 0.382 e. The minimum atomic E-state index is -1.64. The van der Waals surface area contributed by atoms with Gasteiger partial charge in [-0.15, -0.1) is 0 Å². The van der Waals surface area contributed by atoms with E-state index in [4.69, 9.17) is 14.8 Å². The molecule has 1 unspecified atom stereocenters. The molecule has 0 saturated carbocycles. The molecule has 7 heteroatoms. The van der Waals surface area contributed by atoms with Gasteiger partial charge in [0.2, 0.25) is 0 Å². The molecular weight excluding hydrogens is 267 g/mol. The Morgan fingerprint density at radius 2 is 2.30 bits per heavy atom. The Kier molecular flexibility index (Phi) is 3.68. The molecule has 0 fully saturated rings. The Labute approximate surface area is 114 Å². The first-order valence-corrected chi connectivity index (χ1v) is 5.65. The average Bonchev–Trinajstić information content (AvgIpc) is 2.92. The van der Waals surface area contributed by atoms with Crippen molar-refractivity contribution in [2.75, 3.05) is 14.2 Å². The quantitative estimate of drug-likeness (QED) is 0.779. The number of methoxy groups -OCH3 is 2. The number of hydrogen-bond donors (Lipinski definition) is 0. The molecule has 1 atom stereocenters. The molecule has 0 saturated heterocycles. The molecule has 20 heavy (non-hydrogen) atoms. The zero-order valence-corrected chi connectivity index (χ0v) is 10.8. The van der Waals surface area contributed by atoms with Crippen molar-refractivity contribution >= 4 is 11.7 Å². The van der Waals surface area contributed by atoms with E-state index in [9.17, 15) is 9.18 Å². The molecular formula is C13H11FN2O4. The van der Waals surface area contributed by atoms with Gasteiger partial charge in [0, 0.05) is 12.7 Å². The van der Waals surface area contributed by atoms with Gasteiger partial charge in [0.1, 0.15) is 11.9 Å². The number of esters is 1. The van der Waals surface area contributed by atoms with Gasteiger partial charge in [0.15, 0.2) is 0 Å². The van der Waals surface area contributed by atoms with Crippen molar-refractivity contribution in [1.29, 1.82) is 5.26 Å². The lowest BCUT2D eigenvalue weighted by molar-refractivity contribution is -0.227. The number of hydrogen-bond acceptors (Lipinski definition) is 6. The first-order chi connectivity index (χ1) is 9.56. The maximum absolute atomic E-state index is 13.6. The van der Waals surface area contributed by atoms with Crippen LogP contribution in [0, 0.1) is 17.1 Å². The zero-order valence-electron chi connectivity index (χ0n) is 10.8. The van der Waals surface area contributed by atoms with Crippen molar-refractivity contribution in [3.8, 4) is 6.07 Å². The summed E-state index contributed by atoms with van der Waals surface area (Å²) >= 11 is 0. The predicted octanol–water partition coefficient (Wildman–Crippen LogP) is 1.34. The monoisotopic (exact) mass is 278 g/mol. The number of nitriles is 1. The van der Waals surface area contributed by atoms with E-state index in [-0.39, 0.29) is 12.0 Å². The van der Waals surface area contributed by atoms with E-state index in [2.05, 4.69) is 9.89 Å². The van der Waals surface area contributed by atoms with Crippen LogP contribution in [0.25, 0.3) is 0 Å². The molecule has 6 nitrogen and oxygen atoms in total. The van der Waals surface area contributed by atoms with Crippen LogP contribution in [0.4, 0.5) is 4.39 Å². The number of carbonyl (C=O) groups excluding carboxylic acids is 1. The molecule has 1 aliphatic rings. The summed E-state index contributed by atoms with van der Waals surface area (Å²) < 4.78 is 23.2. The van der Waals surface area contributed by atoms with Crippen molar-refractivity contribution in [2.24, 2.45) is 5.16 Å². The number of oxime groups is 1. The van der Waals surface area contributed by atoms with Gasteiger partial charge in [0.25, 0.3) is 0 Å². The van der Waals surface area contributed by atoms with Crippen LogP contribution in [0.5, 0.6) is 0 Å². The van der Waals surface area contributed by atoms with Crippen LogP contribution < -0.4 is 0 Å². The summed E-state index contributed by atoms with van der Waals surface area (Å²) in [5.41, 5.74) is 0.671. The van der Waals surface area contributed by atoms with Crippen LogP contribution in [0.3, 0.4) is 0 Å². The maximum Gasteiger partial charge on any atom is 0.382 e. The molecule has 2 rings (SSSR count). The molecule has 1 heterocycles. The van der Waals surface area contributed by atoms with Crippen LogP contribution in [0.2, 0.25) is 0 Å². The molecule has 1 aliphatic heterocycles. The van der Waals surface area contributed by atoms with Gasteiger partial charge in [-0.1, -0.05) is 11.2 Å². The van der Waals surface area contributed by atoms with Crippen molar-refractivity contribution in [3.05, 3.63) is 35.1 Å².